The second kappa shape index (κ2) is 7.52. The van der Waals surface area contributed by atoms with Gasteiger partial charge in [-0.05, 0) is 31.2 Å². The van der Waals surface area contributed by atoms with Crippen LogP contribution in [-0.2, 0) is 16.1 Å². The van der Waals surface area contributed by atoms with Gasteiger partial charge in [0.1, 0.15) is 0 Å². The van der Waals surface area contributed by atoms with Gasteiger partial charge < -0.3 is 14.6 Å². The molecule has 1 fully saturated rings. The van der Waals surface area contributed by atoms with Crippen molar-refractivity contribution in [1.29, 1.82) is 0 Å². The van der Waals surface area contributed by atoms with Gasteiger partial charge in [0.15, 0.2) is 0 Å². The van der Waals surface area contributed by atoms with Crippen LogP contribution in [0.3, 0.4) is 0 Å². The topological polar surface area (TPSA) is 38.7 Å². The summed E-state index contributed by atoms with van der Waals surface area (Å²) in [6, 6.07) is 10.2. The van der Waals surface area contributed by atoms with Crippen LogP contribution in [0.2, 0.25) is 0 Å². The average Bonchev–Trinajstić information content (AvgIpc) is 2.42. The van der Waals surface area contributed by atoms with Gasteiger partial charge >= 0.3 is 0 Å². The molecule has 1 aromatic carbocycles. The Morgan fingerprint density at radius 1 is 1.28 bits per heavy atom. The number of aliphatic hydroxyl groups excluding tert-OH is 1. The molecule has 1 saturated heterocycles. The van der Waals surface area contributed by atoms with Crippen LogP contribution in [0.5, 0.6) is 0 Å². The molecule has 1 N–H and O–H groups in total. The molecule has 0 unspecified atom stereocenters. The van der Waals surface area contributed by atoms with Crippen LogP contribution < -0.4 is 0 Å². The normalized spacial score (nSPS) is 24.1. The van der Waals surface area contributed by atoms with Crippen LogP contribution in [0.15, 0.2) is 30.3 Å². The lowest BCUT2D eigenvalue weighted by atomic mass is 10.0. The summed E-state index contributed by atoms with van der Waals surface area (Å²) in [5.41, 5.74) is 1.20. The van der Waals surface area contributed by atoms with E-state index in [0.717, 1.165) is 38.9 Å². The van der Waals surface area contributed by atoms with Crippen LogP contribution >= 0.6 is 0 Å². The first-order chi connectivity index (χ1) is 8.86. The monoisotopic (exact) mass is 250 g/mol. The minimum atomic E-state index is -0.284. The molecule has 2 rings (SSSR count). The maximum Gasteiger partial charge on any atom is 0.0834 e. The summed E-state index contributed by atoms with van der Waals surface area (Å²) in [6.07, 6.45) is 3.40. The zero-order valence-electron chi connectivity index (χ0n) is 10.8. The molecule has 1 aliphatic rings. The van der Waals surface area contributed by atoms with E-state index in [1.807, 2.05) is 18.2 Å². The standard InChI is InChI=1S/C15H22O3/c16-14-8-4-11-18-15(14)9-5-10-17-12-13-6-2-1-3-7-13/h1-3,6-7,14-16H,4-5,8-12H2/t14-,15-/m1/s1. The van der Waals surface area contributed by atoms with Gasteiger partial charge in [0.05, 0.1) is 18.8 Å². The Morgan fingerprint density at radius 3 is 2.89 bits per heavy atom. The lowest BCUT2D eigenvalue weighted by molar-refractivity contribution is -0.0796. The fourth-order valence-electron chi connectivity index (χ4n) is 2.25. The van der Waals surface area contributed by atoms with Crippen molar-refractivity contribution in [2.24, 2.45) is 0 Å². The molecule has 100 valence electrons. The third kappa shape index (κ3) is 4.41. The SMILES string of the molecule is O[C@@H]1CCCO[C@@H]1CCCOCc1ccccc1. The summed E-state index contributed by atoms with van der Waals surface area (Å²) in [7, 11) is 0. The molecule has 0 spiro atoms. The molecule has 0 aromatic heterocycles. The van der Waals surface area contributed by atoms with Crippen molar-refractivity contribution in [2.75, 3.05) is 13.2 Å². The molecule has 2 atom stereocenters. The van der Waals surface area contributed by atoms with Crippen molar-refractivity contribution in [3.63, 3.8) is 0 Å². The van der Waals surface area contributed by atoms with E-state index in [1.165, 1.54) is 5.56 Å². The second-order valence-electron chi connectivity index (χ2n) is 4.80. The first-order valence-corrected chi connectivity index (χ1v) is 6.77. The lowest BCUT2D eigenvalue weighted by Gasteiger charge is -2.27. The summed E-state index contributed by atoms with van der Waals surface area (Å²) in [6.45, 7) is 2.17. The minimum Gasteiger partial charge on any atom is -0.390 e. The molecule has 0 saturated carbocycles. The maximum atomic E-state index is 9.74. The van der Waals surface area contributed by atoms with E-state index in [1.54, 1.807) is 0 Å². The van der Waals surface area contributed by atoms with Crippen molar-refractivity contribution in [3.05, 3.63) is 35.9 Å². The molecule has 18 heavy (non-hydrogen) atoms. The third-order valence-electron chi connectivity index (χ3n) is 3.29. The van der Waals surface area contributed by atoms with Crippen molar-refractivity contribution in [1.82, 2.24) is 0 Å². The number of rotatable bonds is 6. The minimum absolute atomic E-state index is 0.0130. The molecule has 3 heteroatoms. The molecule has 0 aliphatic carbocycles. The fourth-order valence-corrected chi connectivity index (χ4v) is 2.25. The van der Waals surface area contributed by atoms with E-state index in [0.29, 0.717) is 6.61 Å². The molecule has 0 bridgehead atoms. The lowest BCUT2D eigenvalue weighted by Crippen LogP contribution is -2.34. The predicted octanol–water partition coefficient (Wildman–Crippen LogP) is 2.52. The number of aliphatic hydroxyl groups is 1. The molecule has 1 aliphatic heterocycles. The predicted molar refractivity (Wildman–Crippen MR) is 70.3 cm³/mol. The third-order valence-corrected chi connectivity index (χ3v) is 3.29. The Hall–Kier alpha value is -0.900. The van der Waals surface area contributed by atoms with Crippen molar-refractivity contribution >= 4 is 0 Å². The van der Waals surface area contributed by atoms with Gasteiger partial charge in [0.2, 0.25) is 0 Å². The summed E-state index contributed by atoms with van der Waals surface area (Å²) in [5.74, 6) is 0. The molecule has 0 amide bonds. The Kier molecular flexibility index (Phi) is 5.65. The first kappa shape index (κ1) is 13.5. The molecule has 3 nitrogen and oxygen atoms in total. The Labute approximate surface area is 109 Å². The van der Waals surface area contributed by atoms with E-state index in [-0.39, 0.29) is 12.2 Å². The Bertz CT molecular complexity index is 326. The van der Waals surface area contributed by atoms with Gasteiger partial charge in [0.25, 0.3) is 0 Å². The van der Waals surface area contributed by atoms with Crippen LogP contribution in [0.25, 0.3) is 0 Å². The summed E-state index contributed by atoms with van der Waals surface area (Å²) >= 11 is 0. The van der Waals surface area contributed by atoms with Crippen molar-refractivity contribution in [2.45, 2.75) is 44.5 Å². The van der Waals surface area contributed by atoms with Crippen molar-refractivity contribution in [3.8, 4) is 0 Å². The molecular formula is C15H22O3. The fraction of sp³-hybridized carbons (Fsp3) is 0.600. The summed E-state index contributed by atoms with van der Waals surface area (Å²) in [5, 5.41) is 9.74. The van der Waals surface area contributed by atoms with E-state index in [2.05, 4.69) is 12.1 Å². The number of benzene rings is 1. The molecule has 0 radical (unpaired) electrons. The highest BCUT2D eigenvalue weighted by atomic mass is 16.5. The second-order valence-corrected chi connectivity index (χ2v) is 4.80. The largest absolute Gasteiger partial charge is 0.390 e. The van der Waals surface area contributed by atoms with Gasteiger partial charge in [-0.25, -0.2) is 0 Å². The van der Waals surface area contributed by atoms with Crippen LogP contribution in [0.4, 0.5) is 0 Å². The van der Waals surface area contributed by atoms with Gasteiger partial charge in [0, 0.05) is 13.2 Å². The average molecular weight is 250 g/mol. The van der Waals surface area contributed by atoms with Crippen LogP contribution in [0.1, 0.15) is 31.2 Å². The van der Waals surface area contributed by atoms with E-state index < -0.39 is 0 Å². The van der Waals surface area contributed by atoms with Gasteiger partial charge in [-0.1, -0.05) is 30.3 Å². The highest BCUT2D eigenvalue weighted by Crippen LogP contribution is 2.17. The maximum absolute atomic E-state index is 9.74. The van der Waals surface area contributed by atoms with E-state index in [9.17, 15) is 5.11 Å². The first-order valence-electron chi connectivity index (χ1n) is 6.77. The van der Waals surface area contributed by atoms with Gasteiger partial charge in [-0.3, -0.25) is 0 Å². The molecule has 1 heterocycles. The molecular weight excluding hydrogens is 228 g/mol. The molecule has 1 aromatic rings. The number of hydrogen-bond donors (Lipinski definition) is 1. The van der Waals surface area contributed by atoms with Gasteiger partial charge in [-0.2, -0.15) is 0 Å². The number of ether oxygens (including phenoxy) is 2. The highest BCUT2D eigenvalue weighted by molar-refractivity contribution is 5.13. The number of hydrogen-bond acceptors (Lipinski definition) is 3. The van der Waals surface area contributed by atoms with E-state index in [4.69, 9.17) is 9.47 Å². The van der Waals surface area contributed by atoms with Crippen molar-refractivity contribution < 1.29 is 14.6 Å². The summed E-state index contributed by atoms with van der Waals surface area (Å²) in [4.78, 5) is 0. The van der Waals surface area contributed by atoms with E-state index >= 15 is 0 Å². The zero-order valence-corrected chi connectivity index (χ0v) is 10.8. The Balaban J connectivity index is 1.56. The van der Waals surface area contributed by atoms with Crippen LogP contribution in [-0.4, -0.2) is 30.5 Å². The smallest absolute Gasteiger partial charge is 0.0834 e. The zero-order chi connectivity index (χ0) is 12.6. The summed E-state index contributed by atoms with van der Waals surface area (Å²) < 4.78 is 11.2. The van der Waals surface area contributed by atoms with Crippen LogP contribution in [0, 0.1) is 0 Å². The Morgan fingerprint density at radius 2 is 2.11 bits per heavy atom. The quantitative estimate of drug-likeness (QED) is 0.788. The van der Waals surface area contributed by atoms with Gasteiger partial charge in [-0.15, -0.1) is 0 Å². The highest BCUT2D eigenvalue weighted by Gasteiger charge is 2.22.